The van der Waals surface area contributed by atoms with Crippen molar-refractivity contribution >= 4 is 38.1 Å². The quantitative estimate of drug-likeness (QED) is 0.610. The molecule has 0 radical (unpaired) electrons. The maximum absolute atomic E-state index is 11.3. The topological polar surface area (TPSA) is 47.8 Å². The van der Waals surface area contributed by atoms with Gasteiger partial charge in [0.1, 0.15) is 5.69 Å². The number of hydrogen-bond donors (Lipinski definition) is 0. The van der Waals surface area contributed by atoms with Crippen molar-refractivity contribution in [2.45, 2.75) is 0 Å². The van der Waals surface area contributed by atoms with E-state index in [2.05, 4.69) is 41.9 Å². The van der Waals surface area contributed by atoms with Gasteiger partial charge in [-0.25, -0.2) is 9.67 Å². The maximum atomic E-state index is 11.3. The van der Waals surface area contributed by atoms with Crippen LogP contribution in [0.2, 0.25) is 0 Å². The van der Waals surface area contributed by atoms with Gasteiger partial charge in [-0.05, 0) is 40.2 Å². The van der Waals surface area contributed by atoms with Crippen LogP contribution in [0.25, 0.3) is 17.1 Å². The van der Waals surface area contributed by atoms with Crippen molar-refractivity contribution in [2.75, 3.05) is 0 Å². The molecule has 0 aliphatic heterocycles. The summed E-state index contributed by atoms with van der Waals surface area (Å²) in [5.41, 5.74) is 2.04. The van der Waals surface area contributed by atoms with Gasteiger partial charge < -0.3 is 0 Å². The molecule has 4 nitrogen and oxygen atoms in total. The summed E-state index contributed by atoms with van der Waals surface area (Å²) in [6.07, 6.45) is 4.18. The van der Waals surface area contributed by atoms with Gasteiger partial charge in [-0.1, -0.05) is 28.1 Å². The van der Waals surface area contributed by atoms with E-state index in [0.717, 1.165) is 20.8 Å². The minimum absolute atomic E-state index is 0.526. The predicted octanol–water partition coefficient (Wildman–Crippen LogP) is 4.27. The molecule has 3 aromatic rings. The van der Waals surface area contributed by atoms with Gasteiger partial charge in [0.15, 0.2) is 12.1 Å². The SMILES string of the molecule is O=Cc1cn(-c2ccc(Br)cn2)nc1-c1cccc(Br)c1. The van der Waals surface area contributed by atoms with Crippen LogP contribution in [-0.2, 0) is 0 Å². The number of halogens is 2. The number of aromatic nitrogens is 3. The predicted molar refractivity (Wildman–Crippen MR) is 87.6 cm³/mol. The number of pyridine rings is 1. The zero-order valence-corrected chi connectivity index (χ0v) is 13.9. The lowest BCUT2D eigenvalue weighted by atomic mass is 10.1. The highest BCUT2D eigenvalue weighted by molar-refractivity contribution is 9.10. The fourth-order valence-electron chi connectivity index (χ4n) is 1.95. The first-order chi connectivity index (χ1) is 10.2. The molecule has 2 aromatic heterocycles. The van der Waals surface area contributed by atoms with Gasteiger partial charge in [-0.15, -0.1) is 0 Å². The Labute approximate surface area is 138 Å². The van der Waals surface area contributed by atoms with Crippen LogP contribution in [0.5, 0.6) is 0 Å². The zero-order valence-electron chi connectivity index (χ0n) is 10.7. The molecule has 0 saturated carbocycles. The molecule has 0 fully saturated rings. The van der Waals surface area contributed by atoms with Crippen LogP contribution >= 0.6 is 31.9 Å². The Balaban J connectivity index is 2.10. The summed E-state index contributed by atoms with van der Waals surface area (Å²) in [6, 6.07) is 11.4. The molecule has 6 heteroatoms. The molecule has 0 aliphatic rings. The fraction of sp³-hybridized carbons (Fsp3) is 0. The Bertz CT molecular complexity index is 797. The normalized spacial score (nSPS) is 10.6. The molecular formula is C15H9Br2N3O. The highest BCUT2D eigenvalue weighted by atomic mass is 79.9. The summed E-state index contributed by atoms with van der Waals surface area (Å²) < 4.78 is 3.43. The van der Waals surface area contributed by atoms with Gasteiger partial charge >= 0.3 is 0 Å². The highest BCUT2D eigenvalue weighted by Crippen LogP contribution is 2.25. The Hall–Kier alpha value is -1.79. The van der Waals surface area contributed by atoms with Gasteiger partial charge in [0.25, 0.3) is 0 Å². The lowest BCUT2D eigenvalue weighted by molar-refractivity contribution is 0.112. The monoisotopic (exact) mass is 405 g/mol. The second kappa shape index (κ2) is 5.91. The van der Waals surface area contributed by atoms with E-state index in [1.807, 2.05) is 36.4 Å². The van der Waals surface area contributed by atoms with Gasteiger partial charge in [-0.3, -0.25) is 4.79 Å². The summed E-state index contributed by atoms with van der Waals surface area (Å²) in [6.45, 7) is 0. The second-order valence-electron chi connectivity index (χ2n) is 4.34. The van der Waals surface area contributed by atoms with Crippen molar-refractivity contribution in [3.05, 3.63) is 63.3 Å². The molecular weight excluding hydrogens is 398 g/mol. The van der Waals surface area contributed by atoms with Crippen LogP contribution in [0.3, 0.4) is 0 Å². The standard InChI is InChI=1S/C15H9Br2N3O/c16-12-3-1-2-10(6-12)15-11(9-21)8-20(19-15)14-5-4-13(17)7-18-14/h1-9H. The maximum Gasteiger partial charge on any atom is 0.153 e. The third kappa shape index (κ3) is 2.96. The lowest BCUT2D eigenvalue weighted by Gasteiger charge is -2.00. The molecule has 0 aliphatic carbocycles. The van der Waals surface area contributed by atoms with Crippen LogP contribution in [0, 0.1) is 0 Å². The number of carbonyl (C=O) groups is 1. The minimum Gasteiger partial charge on any atom is -0.298 e. The average molecular weight is 407 g/mol. The number of benzene rings is 1. The van der Waals surface area contributed by atoms with Crippen molar-refractivity contribution in [3.8, 4) is 17.1 Å². The number of nitrogens with zero attached hydrogens (tertiary/aromatic N) is 3. The number of aldehydes is 1. The molecule has 3 rings (SSSR count). The second-order valence-corrected chi connectivity index (χ2v) is 6.17. The molecule has 0 saturated heterocycles. The van der Waals surface area contributed by atoms with Crippen LogP contribution < -0.4 is 0 Å². The first-order valence-electron chi connectivity index (χ1n) is 6.10. The van der Waals surface area contributed by atoms with E-state index < -0.39 is 0 Å². The summed E-state index contributed by atoms with van der Waals surface area (Å²) in [7, 11) is 0. The third-order valence-corrected chi connectivity index (χ3v) is 3.88. The van der Waals surface area contributed by atoms with Gasteiger partial charge in [0, 0.05) is 26.9 Å². The van der Waals surface area contributed by atoms with Crippen molar-refractivity contribution in [2.24, 2.45) is 0 Å². The molecule has 0 unspecified atom stereocenters. The highest BCUT2D eigenvalue weighted by Gasteiger charge is 2.12. The number of rotatable bonds is 3. The average Bonchev–Trinajstić information content (AvgIpc) is 2.92. The van der Waals surface area contributed by atoms with Crippen molar-refractivity contribution in [3.63, 3.8) is 0 Å². The molecule has 0 amide bonds. The van der Waals surface area contributed by atoms with Crippen LogP contribution in [-0.4, -0.2) is 21.1 Å². The largest absolute Gasteiger partial charge is 0.298 e. The molecule has 0 atom stereocenters. The summed E-state index contributed by atoms with van der Waals surface area (Å²) in [4.78, 5) is 15.6. The van der Waals surface area contributed by atoms with E-state index in [4.69, 9.17) is 0 Å². The third-order valence-electron chi connectivity index (χ3n) is 2.91. The van der Waals surface area contributed by atoms with E-state index in [9.17, 15) is 4.79 Å². The lowest BCUT2D eigenvalue weighted by Crippen LogP contribution is -1.97. The molecule has 1 aromatic carbocycles. The minimum atomic E-state index is 0.526. The molecule has 0 N–H and O–H groups in total. The van der Waals surface area contributed by atoms with E-state index in [-0.39, 0.29) is 0 Å². The van der Waals surface area contributed by atoms with Crippen LogP contribution in [0.1, 0.15) is 10.4 Å². The zero-order chi connectivity index (χ0) is 14.8. The molecule has 0 bridgehead atoms. The first-order valence-corrected chi connectivity index (χ1v) is 7.68. The van der Waals surface area contributed by atoms with Crippen molar-refractivity contribution in [1.29, 1.82) is 0 Å². The fourth-order valence-corrected chi connectivity index (χ4v) is 2.59. The number of carbonyl (C=O) groups excluding carboxylic acids is 1. The van der Waals surface area contributed by atoms with E-state index in [1.165, 1.54) is 0 Å². The smallest absolute Gasteiger partial charge is 0.153 e. The Morgan fingerprint density at radius 1 is 1.10 bits per heavy atom. The molecule has 104 valence electrons. The van der Waals surface area contributed by atoms with Crippen molar-refractivity contribution < 1.29 is 4.79 Å². The van der Waals surface area contributed by atoms with Crippen LogP contribution in [0.15, 0.2) is 57.7 Å². The Morgan fingerprint density at radius 2 is 1.95 bits per heavy atom. The summed E-state index contributed by atoms with van der Waals surface area (Å²) in [5.74, 6) is 0.655. The van der Waals surface area contributed by atoms with E-state index >= 15 is 0 Å². The molecule has 2 heterocycles. The molecule has 0 spiro atoms. The summed E-state index contributed by atoms with van der Waals surface area (Å²) in [5, 5.41) is 4.48. The van der Waals surface area contributed by atoms with Gasteiger partial charge in [0.05, 0.1) is 5.56 Å². The first kappa shape index (κ1) is 14.2. The van der Waals surface area contributed by atoms with E-state index in [0.29, 0.717) is 17.1 Å². The van der Waals surface area contributed by atoms with Gasteiger partial charge in [0.2, 0.25) is 0 Å². The van der Waals surface area contributed by atoms with Gasteiger partial charge in [-0.2, -0.15) is 5.10 Å². The Kier molecular flexibility index (Phi) is 3.98. The Morgan fingerprint density at radius 3 is 2.62 bits per heavy atom. The van der Waals surface area contributed by atoms with Crippen LogP contribution in [0.4, 0.5) is 0 Å². The summed E-state index contributed by atoms with van der Waals surface area (Å²) >= 11 is 6.77. The van der Waals surface area contributed by atoms with E-state index in [1.54, 1.807) is 17.1 Å². The number of hydrogen-bond acceptors (Lipinski definition) is 3. The van der Waals surface area contributed by atoms with Crippen molar-refractivity contribution in [1.82, 2.24) is 14.8 Å². The molecule has 21 heavy (non-hydrogen) atoms.